The highest BCUT2D eigenvalue weighted by atomic mass is 79.9. The van der Waals surface area contributed by atoms with Gasteiger partial charge in [-0.05, 0) is 40.0 Å². The molecule has 1 heterocycles. The van der Waals surface area contributed by atoms with Crippen molar-refractivity contribution in [2.45, 2.75) is 13.5 Å². The van der Waals surface area contributed by atoms with E-state index < -0.39 is 0 Å². The number of hydrogen-bond donors (Lipinski definition) is 1. The molecule has 1 aliphatic heterocycles. The van der Waals surface area contributed by atoms with Crippen LogP contribution in [-0.2, 0) is 6.54 Å². The van der Waals surface area contributed by atoms with Crippen molar-refractivity contribution in [2.24, 2.45) is 0 Å². The zero-order valence-corrected chi connectivity index (χ0v) is 12.0. The molecule has 0 atom stereocenters. The number of benzene rings is 1. The van der Waals surface area contributed by atoms with Gasteiger partial charge >= 0.3 is 0 Å². The zero-order chi connectivity index (χ0) is 12.3. The standard InChI is InChI=1S/C13H19BrN2O/c1-10-7-11(13(14)12(8-10)17-2)9-16-5-3-15-4-6-16/h7-8,15H,3-6,9H2,1-2H3. The second-order valence-electron chi connectivity index (χ2n) is 4.47. The van der Waals surface area contributed by atoms with Crippen LogP contribution in [0.5, 0.6) is 5.75 Å². The van der Waals surface area contributed by atoms with Crippen molar-refractivity contribution in [1.82, 2.24) is 10.2 Å². The first kappa shape index (κ1) is 12.9. The fourth-order valence-electron chi connectivity index (χ4n) is 2.18. The van der Waals surface area contributed by atoms with E-state index in [-0.39, 0.29) is 0 Å². The number of methoxy groups -OCH3 is 1. The molecule has 0 aromatic heterocycles. The first-order chi connectivity index (χ1) is 8.20. The Morgan fingerprint density at radius 3 is 2.71 bits per heavy atom. The molecule has 0 aliphatic carbocycles. The third-order valence-electron chi connectivity index (χ3n) is 3.08. The minimum absolute atomic E-state index is 0.926. The summed E-state index contributed by atoms with van der Waals surface area (Å²) in [5, 5.41) is 3.37. The molecule has 0 bridgehead atoms. The third-order valence-corrected chi connectivity index (χ3v) is 3.98. The smallest absolute Gasteiger partial charge is 0.133 e. The molecule has 3 nitrogen and oxygen atoms in total. The van der Waals surface area contributed by atoms with E-state index in [4.69, 9.17) is 4.74 Å². The maximum atomic E-state index is 5.38. The molecular formula is C13H19BrN2O. The Bertz CT molecular complexity index is 389. The molecule has 0 saturated carbocycles. The van der Waals surface area contributed by atoms with Gasteiger partial charge in [0, 0.05) is 32.7 Å². The van der Waals surface area contributed by atoms with Gasteiger partial charge in [-0.25, -0.2) is 0 Å². The Labute approximate surface area is 111 Å². The van der Waals surface area contributed by atoms with Gasteiger partial charge in [0.15, 0.2) is 0 Å². The van der Waals surface area contributed by atoms with Gasteiger partial charge in [0.1, 0.15) is 5.75 Å². The molecule has 1 aliphatic rings. The average Bonchev–Trinajstić information content (AvgIpc) is 2.34. The van der Waals surface area contributed by atoms with E-state index >= 15 is 0 Å². The van der Waals surface area contributed by atoms with E-state index in [1.54, 1.807) is 7.11 Å². The molecule has 94 valence electrons. The first-order valence-electron chi connectivity index (χ1n) is 5.97. The minimum atomic E-state index is 0.926. The largest absolute Gasteiger partial charge is 0.496 e. The molecular weight excluding hydrogens is 280 g/mol. The van der Waals surface area contributed by atoms with E-state index in [1.807, 2.05) is 0 Å². The van der Waals surface area contributed by atoms with E-state index in [0.717, 1.165) is 42.9 Å². The monoisotopic (exact) mass is 298 g/mol. The van der Waals surface area contributed by atoms with Crippen LogP contribution < -0.4 is 10.1 Å². The van der Waals surface area contributed by atoms with Gasteiger partial charge < -0.3 is 10.1 Å². The highest BCUT2D eigenvalue weighted by Gasteiger charge is 2.14. The normalized spacial score (nSPS) is 17.1. The van der Waals surface area contributed by atoms with Gasteiger partial charge in [0.25, 0.3) is 0 Å². The molecule has 1 aromatic rings. The van der Waals surface area contributed by atoms with Gasteiger partial charge in [0.05, 0.1) is 11.6 Å². The van der Waals surface area contributed by atoms with Crippen molar-refractivity contribution in [2.75, 3.05) is 33.3 Å². The van der Waals surface area contributed by atoms with Crippen LogP contribution in [0.25, 0.3) is 0 Å². The molecule has 0 unspecified atom stereocenters. The summed E-state index contributed by atoms with van der Waals surface area (Å²) < 4.78 is 6.47. The predicted molar refractivity (Wildman–Crippen MR) is 73.6 cm³/mol. The van der Waals surface area contributed by atoms with Crippen LogP contribution in [-0.4, -0.2) is 38.2 Å². The summed E-state index contributed by atoms with van der Waals surface area (Å²) in [4.78, 5) is 2.47. The number of hydrogen-bond acceptors (Lipinski definition) is 3. The van der Waals surface area contributed by atoms with Crippen LogP contribution >= 0.6 is 15.9 Å². The molecule has 0 spiro atoms. The topological polar surface area (TPSA) is 24.5 Å². The van der Waals surface area contributed by atoms with Crippen molar-refractivity contribution in [1.29, 1.82) is 0 Å². The SMILES string of the molecule is COc1cc(C)cc(CN2CCNCC2)c1Br. The lowest BCUT2D eigenvalue weighted by Gasteiger charge is -2.27. The lowest BCUT2D eigenvalue weighted by Crippen LogP contribution is -2.42. The van der Waals surface area contributed by atoms with Crippen LogP contribution in [0.15, 0.2) is 16.6 Å². The van der Waals surface area contributed by atoms with Gasteiger partial charge in [-0.3, -0.25) is 4.90 Å². The summed E-state index contributed by atoms with van der Waals surface area (Å²) in [5.74, 6) is 0.926. The Morgan fingerprint density at radius 2 is 2.06 bits per heavy atom. The van der Waals surface area contributed by atoms with Crippen LogP contribution in [0.1, 0.15) is 11.1 Å². The third kappa shape index (κ3) is 3.21. The van der Waals surface area contributed by atoms with Crippen molar-refractivity contribution in [3.05, 3.63) is 27.7 Å². The molecule has 17 heavy (non-hydrogen) atoms. The lowest BCUT2D eigenvalue weighted by atomic mass is 10.1. The molecule has 0 amide bonds. The fourth-order valence-corrected chi connectivity index (χ4v) is 2.70. The van der Waals surface area contributed by atoms with Crippen molar-refractivity contribution in [3.8, 4) is 5.75 Å². The van der Waals surface area contributed by atoms with Crippen molar-refractivity contribution >= 4 is 15.9 Å². The molecule has 2 rings (SSSR count). The second kappa shape index (κ2) is 5.85. The van der Waals surface area contributed by atoms with E-state index in [1.165, 1.54) is 11.1 Å². The number of piperazine rings is 1. The Hall–Kier alpha value is -0.580. The van der Waals surface area contributed by atoms with Crippen molar-refractivity contribution < 1.29 is 4.74 Å². The van der Waals surface area contributed by atoms with Crippen LogP contribution in [0, 0.1) is 6.92 Å². The number of rotatable bonds is 3. The Kier molecular flexibility index (Phi) is 4.42. The maximum absolute atomic E-state index is 5.38. The molecule has 1 N–H and O–H groups in total. The summed E-state index contributed by atoms with van der Waals surface area (Å²) in [6.07, 6.45) is 0. The summed E-state index contributed by atoms with van der Waals surface area (Å²) >= 11 is 3.64. The summed E-state index contributed by atoms with van der Waals surface area (Å²) in [6.45, 7) is 7.49. The van der Waals surface area contributed by atoms with Crippen molar-refractivity contribution in [3.63, 3.8) is 0 Å². The fraction of sp³-hybridized carbons (Fsp3) is 0.538. The van der Waals surface area contributed by atoms with Crippen LogP contribution in [0.2, 0.25) is 0 Å². The number of halogens is 1. The van der Waals surface area contributed by atoms with E-state index in [2.05, 4.69) is 45.2 Å². The van der Waals surface area contributed by atoms with Gasteiger partial charge in [-0.15, -0.1) is 0 Å². The summed E-state index contributed by atoms with van der Waals surface area (Å²) in [7, 11) is 1.72. The number of nitrogens with one attached hydrogen (secondary N) is 1. The number of nitrogens with zero attached hydrogens (tertiary/aromatic N) is 1. The summed E-state index contributed by atoms with van der Waals surface area (Å²) in [5.41, 5.74) is 2.55. The molecule has 1 fully saturated rings. The molecule has 0 radical (unpaired) electrons. The lowest BCUT2D eigenvalue weighted by molar-refractivity contribution is 0.232. The minimum Gasteiger partial charge on any atom is -0.496 e. The molecule has 1 saturated heterocycles. The Morgan fingerprint density at radius 1 is 1.35 bits per heavy atom. The highest BCUT2D eigenvalue weighted by molar-refractivity contribution is 9.10. The quantitative estimate of drug-likeness (QED) is 0.926. The Balaban J connectivity index is 2.16. The number of ether oxygens (including phenoxy) is 1. The average molecular weight is 299 g/mol. The van der Waals surface area contributed by atoms with Crippen LogP contribution in [0.3, 0.4) is 0 Å². The second-order valence-corrected chi connectivity index (χ2v) is 5.26. The van der Waals surface area contributed by atoms with Gasteiger partial charge in [-0.2, -0.15) is 0 Å². The predicted octanol–water partition coefficient (Wildman–Crippen LogP) is 2.17. The van der Waals surface area contributed by atoms with Crippen LogP contribution in [0.4, 0.5) is 0 Å². The molecule has 1 aromatic carbocycles. The van der Waals surface area contributed by atoms with E-state index in [9.17, 15) is 0 Å². The van der Waals surface area contributed by atoms with Gasteiger partial charge in [-0.1, -0.05) is 6.07 Å². The number of aryl methyl sites for hydroxylation is 1. The first-order valence-corrected chi connectivity index (χ1v) is 6.76. The molecule has 4 heteroatoms. The van der Waals surface area contributed by atoms with Gasteiger partial charge in [0.2, 0.25) is 0 Å². The van der Waals surface area contributed by atoms with E-state index in [0.29, 0.717) is 0 Å². The summed E-state index contributed by atoms with van der Waals surface area (Å²) in [6, 6.07) is 4.29. The highest BCUT2D eigenvalue weighted by Crippen LogP contribution is 2.31. The zero-order valence-electron chi connectivity index (χ0n) is 10.4. The maximum Gasteiger partial charge on any atom is 0.133 e.